The third-order valence-electron chi connectivity index (χ3n) is 13.1. The number of fused-ring (bicyclic) bond motifs is 8. The zero-order valence-corrected chi connectivity index (χ0v) is 37.4. The molecular formula is C62H40N2S2. The first kappa shape index (κ1) is 38.4. The minimum atomic E-state index is 1.12. The normalized spacial score (nSPS) is 11.6. The largest absolute Gasteiger partial charge is 0.308 e. The Kier molecular flexibility index (Phi) is 9.26. The lowest BCUT2D eigenvalue weighted by Crippen LogP contribution is -2.10. The maximum atomic E-state index is 2.45. The highest BCUT2D eigenvalue weighted by molar-refractivity contribution is 7.26. The first-order chi connectivity index (χ1) is 32.7. The quantitative estimate of drug-likeness (QED) is 0.150. The highest BCUT2D eigenvalue weighted by Gasteiger charge is 2.22. The van der Waals surface area contributed by atoms with Crippen molar-refractivity contribution in [2.75, 3.05) is 9.80 Å². The topological polar surface area (TPSA) is 6.48 Å². The van der Waals surface area contributed by atoms with Crippen LogP contribution < -0.4 is 9.80 Å². The summed E-state index contributed by atoms with van der Waals surface area (Å²) in [5.74, 6) is 0. The smallest absolute Gasteiger partial charge is 0.0640 e. The number of rotatable bonds is 8. The van der Waals surface area contributed by atoms with E-state index in [-0.39, 0.29) is 0 Å². The maximum absolute atomic E-state index is 2.45. The molecule has 0 bridgehead atoms. The SMILES string of the molecule is c1ccc2c(N(c3ccc(-c4ccc(-c5ccc(N(c6cccc7ccccc67)c6cccc7c6sc6ccccc67)cc5)cc4)cc3)c3cccc4c3sc3ccccc34)cccc2c1. The van der Waals surface area contributed by atoms with Crippen LogP contribution in [0.5, 0.6) is 0 Å². The zero-order chi connectivity index (χ0) is 43.6. The Hall–Kier alpha value is -8.02. The van der Waals surface area contributed by atoms with Gasteiger partial charge in [-0.3, -0.25) is 0 Å². The molecule has 4 heteroatoms. The molecule has 0 amide bonds. The van der Waals surface area contributed by atoms with Gasteiger partial charge in [0.1, 0.15) is 0 Å². The number of benzene rings is 11. The Balaban J connectivity index is 0.846. The Morgan fingerprint density at radius 3 is 0.955 bits per heavy atom. The van der Waals surface area contributed by atoms with Gasteiger partial charge in [-0.05, 0) is 93.7 Å². The molecule has 310 valence electrons. The van der Waals surface area contributed by atoms with Gasteiger partial charge >= 0.3 is 0 Å². The van der Waals surface area contributed by atoms with Crippen LogP contribution in [0.2, 0.25) is 0 Å². The number of hydrogen-bond acceptors (Lipinski definition) is 4. The second-order valence-electron chi connectivity index (χ2n) is 16.8. The Morgan fingerprint density at radius 2 is 0.530 bits per heavy atom. The molecule has 13 aromatic rings. The highest BCUT2D eigenvalue weighted by atomic mass is 32.1. The summed E-state index contributed by atoms with van der Waals surface area (Å²) < 4.78 is 5.18. The van der Waals surface area contributed by atoms with Crippen molar-refractivity contribution in [1.82, 2.24) is 0 Å². The average molecular weight is 877 g/mol. The first-order valence-electron chi connectivity index (χ1n) is 22.4. The predicted molar refractivity (Wildman–Crippen MR) is 287 cm³/mol. The summed E-state index contributed by atoms with van der Waals surface area (Å²) in [4.78, 5) is 4.89. The van der Waals surface area contributed by atoms with Crippen LogP contribution in [0.1, 0.15) is 0 Å². The van der Waals surface area contributed by atoms with E-state index in [9.17, 15) is 0 Å². The molecule has 2 nitrogen and oxygen atoms in total. The van der Waals surface area contributed by atoms with Crippen molar-refractivity contribution in [3.63, 3.8) is 0 Å². The van der Waals surface area contributed by atoms with Crippen LogP contribution in [0.15, 0.2) is 243 Å². The van der Waals surface area contributed by atoms with Crippen LogP contribution in [-0.4, -0.2) is 0 Å². The molecule has 13 rings (SSSR count). The van der Waals surface area contributed by atoms with E-state index >= 15 is 0 Å². The van der Waals surface area contributed by atoms with Crippen molar-refractivity contribution in [2.45, 2.75) is 0 Å². The lowest BCUT2D eigenvalue weighted by atomic mass is 9.99. The summed E-state index contributed by atoms with van der Waals surface area (Å²) in [5.41, 5.74) is 11.7. The van der Waals surface area contributed by atoms with Gasteiger partial charge < -0.3 is 9.80 Å². The van der Waals surface area contributed by atoms with Gasteiger partial charge in [0.15, 0.2) is 0 Å². The third-order valence-corrected chi connectivity index (χ3v) is 15.5. The van der Waals surface area contributed by atoms with Crippen molar-refractivity contribution in [3.8, 4) is 22.3 Å². The van der Waals surface area contributed by atoms with Crippen LogP contribution in [0.25, 0.3) is 84.1 Å². The molecule has 0 radical (unpaired) electrons. The molecule has 11 aromatic carbocycles. The van der Waals surface area contributed by atoms with E-state index in [0.717, 1.165) is 11.4 Å². The predicted octanol–water partition coefficient (Wildman–Crippen LogP) is 19.0. The Bertz CT molecular complexity index is 3670. The Morgan fingerprint density at radius 1 is 0.227 bits per heavy atom. The van der Waals surface area contributed by atoms with E-state index in [1.54, 1.807) is 0 Å². The molecular weight excluding hydrogens is 837 g/mol. The monoisotopic (exact) mass is 876 g/mol. The molecule has 2 aromatic heterocycles. The minimum Gasteiger partial charge on any atom is -0.308 e. The van der Waals surface area contributed by atoms with Gasteiger partial charge in [-0.1, -0.05) is 182 Å². The average Bonchev–Trinajstić information content (AvgIpc) is 3.97. The fourth-order valence-electron chi connectivity index (χ4n) is 9.90. The molecule has 0 spiro atoms. The first-order valence-corrected chi connectivity index (χ1v) is 24.0. The number of nitrogens with zero attached hydrogens (tertiary/aromatic N) is 2. The fraction of sp³-hybridized carbons (Fsp3) is 0. The van der Waals surface area contributed by atoms with Gasteiger partial charge in [0.2, 0.25) is 0 Å². The molecule has 0 N–H and O–H groups in total. The summed E-state index contributed by atoms with van der Waals surface area (Å²) in [6.07, 6.45) is 0. The molecule has 0 atom stereocenters. The van der Waals surface area contributed by atoms with Crippen molar-refractivity contribution in [2.24, 2.45) is 0 Å². The van der Waals surface area contributed by atoms with Crippen LogP contribution in [0.3, 0.4) is 0 Å². The zero-order valence-electron chi connectivity index (χ0n) is 35.8. The van der Waals surface area contributed by atoms with E-state index in [1.807, 2.05) is 22.7 Å². The van der Waals surface area contributed by atoms with Crippen molar-refractivity contribution in [3.05, 3.63) is 243 Å². The second kappa shape index (κ2) is 15.9. The van der Waals surface area contributed by atoms with E-state index in [4.69, 9.17) is 0 Å². The van der Waals surface area contributed by atoms with Gasteiger partial charge in [0.25, 0.3) is 0 Å². The highest BCUT2D eigenvalue weighted by Crippen LogP contribution is 2.48. The van der Waals surface area contributed by atoms with Gasteiger partial charge in [0.05, 0.1) is 32.1 Å². The molecule has 0 fully saturated rings. The van der Waals surface area contributed by atoms with Crippen LogP contribution in [0, 0.1) is 0 Å². The lowest BCUT2D eigenvalue weighted by molar-refractivity contribution is 1.32. The summed E-state index contributed by atoms with van der Waals surface area (Å²) in [6.45, 7) is 0. The molecule has 0 unspecified atom stereocenters. The van der Waals surface area contributed by atoms with Gasteiger partial charge in [-0.2, -0.15) is 0 Å². The van der Waals surface area contributed by atoms with E-state index in [2.05, 4.69) is 252 Å². The van der Waals surface area contributed by atoms with Crippen LogP contribution >= 0.6 is 22.7 Å². The molecule has 0 aliphatic carbocycles. The molecule has 0 aliphatic rings. The molecule has 66 heavy (non-hydrogen) atoms. The van der Waals surface area contributed by atoms with Gasteiger partial charge in [0, 0.05) is 53.1 Å². The molecule has 0 saturated carbocycles. The van der Waals surface area contributed by atoms with Gasteiger partial charge in [-0.15, -0.1) is 22.7 Å². The minimum absolute atomic E-state index is 1.12. The van der Waals surface area contributed by atoms with Gasteiger partial charge in [-0.25, -0.2) is 0 Å². The van der Waals surface area contributed by atoms with Crippen LogP contribution in [-0.2, 0) is 0 Å². The van der Waals surface area contributed by atoms with E-state index < -0.39 is 0 Å². The van der Waals surface area contributed by atoms with Crippen molar-refractivity contribution >= 4 is 119 Å². The number of hydrogen-bond donors (Lipinski definition) is 0. The summed E-state index contributed by atoms with van der Waals surface area (Å²) >= 11 is 3.74. The maximum Gasteiger partial charge on any atom is 0.0640 e. The molecule has 0 saturated heterocycles. The second-order valence-corrected chi connectivity index (χ2v) is 18.9. The summed E-state index contributed by atoms with van der Waals surface area (Å²) in [5, 5.41) is 10.1. The number of anilines is 6. The standard InChI is InChI=1S/C62H40N2S2/c1-3-17-49-45(13-1)15-9-23-55(49)63(57-25-11-21-53-51-19-5-7-27-59(51)65-61(53)57)47-37-33-43(34-38-47)41-29-31-42(32-30-41)44-35-39-48(40-36-44)64(56-24-10-16-46-14-2-4-18-50(46)56)58-26-12-22-54-52-20-6-8-28-60(52)66-62(54)58/h1-40H. The fourth-order valence-corrected chi connectivity index (χ4v) is 12.3. The number of thiophene rings is 2. The lowest BCUT2D eigenvalue weighted by Gasteiger charge is -2.27. The molecule has 0 aliphatic heterocycles. The van der Waals surface area contributed by atoms with Crippen molar-refractivity contribution in [1.29, 1.82) is 0 Å². The Labute approximate surface area is 391 Å². The van der Waals surface area contributed by atoms with E-state index in [0.29, 0.717) is 0 Å². The third kappa shape index (κ3) is 6.45. The van der Waals surface area contributed by atoms with Crippen molar-refractivity contribution < 1.29 is 0 Å². The summed E-state index contributed by atoms with van der Waals surface area (Å²) in [7, 11) is 0. The summed E-state index contributed by atoms with van der Waals surface area (Å²) in [6, 6.07) is 88.8. The van der Waals surface area contributed by atoms with E-state index in [1.165, 1.54) is 107 Å². The molecule has 2 heterocycles. The van der Waals surface area contributed by atoms with Crippen LogP contribution in [0.4, 0.5) is 34.1 Å².